The van der Waals surface area contributed by atoms with Crippen molar-refractivity contribution in [1.29, 1.82) is 0 Å². The molecule has 0 saturated carbocycles. The zero-order chi connectivity index (χ0) is 12.1. The predicted octanol–water partition coefficient (Wildman–Crippen LogP) is 3.63. The Morgan fingerprint density at radius 1 is 1.19 bits per heavy atom. The summed E-state index contributed by atoms with van der Waals surface area (Å²) in [5, 5.41) is 3.58. The van der Waals surface area contributed by atoms with E-state index in [1.165, 1.54) is 28.0 Å². The first-order valence-electron chi connectivity index (χ1n) is 5.86. The highest BCUT2D eigenvalue weighted by Gasteiger charge is 2.10. The second kappa shape index (κ2) is 6.31. The van der Waals surface area contributed by atoms with Crippen molar-refractivity contribution >= 4 is 11.8 Å². The molecule has 0 spiro atoms. The number of hydrogen-bond acceptors (Lipinski definition) is 2. The van der Waals surface area contributed by atoms with Gasteiger partial charge in [0.2, 0.25) is 0 Å². The summed E-state index contributed by atoms with van der Waals surface area (Å²) in [6.45, 7) is 9.92. The van der Waals surface area contributed by atoms with E-state index in [2.05, 4.69) is 51.4 Å². The summed E-state index contributed by atoms with van der Waals surface area (Å²) in [6, 6.07) is 5.00. The minimum absolute atomic E-state index is 0.452. The van der Waals surface area contributed by atoms with E-state index in [0.29, 0.717) is 6.04 Å². The summed E-state index contributed by atoms with van der Waals surface area (Å²) in [5.74, 6) is 1.17. The zero-order valence-corrected chi connectivity index (χ0v) is 11.9. The standard InChI is InChI=1S/C14H23NS/c1-10-8-11(2)14(12(3)9-10)13(4)15-6-7-16-5/h8-9,13,15H,6-7H2,1-5H3. The summed E-state index contributed by atoms with van der Waals surface area (Å²) in [7, 11) is 0. The highest BCUT2D eigenvalue weighted by molar-refractivity contribution is 7.98. The van der Waals surface area contributed by atoms with E-state index in [0.717, 1.165) is 6.54 Å². The van der Waals surface area contributed by atoms with Crippen LogP contribution in [0.25, 0.3) is 0 Å². The van der Waals surface area contributed by atoms with Crippen LogP contribution < -0.4 is 5.32 Å². The molecule has 1 atom stereocenters. The Morgan fingerprint density at radius 2 is 1.75 bits per heavy atom. The Balaban J connectivity index is 2.78. The third kappa shape index (κ3) is 3.53. The summed E-state index contributed by atoms with van der Waals surface area (Å²) >= 11 is 1.89. The molecule has 1 aromatic rings. The molecule has 0 saturated heterocycles. The maximum Gasteiger partial charge on any atom is 0.0297 e. The Labute approximate surface area is 104 Å². The van der Waals surface area contributed by atoms with Gasteiger partial charge in [-0.15, -0.1) is 0 Å². The molecular formula is C14H23NS. The summed E-state index contributed by atoms with van der Waals surface area (Å²) in [5.41, 5.74) is 5.63. The number of aryl methyl sites for hydroxylation is 3. The van der Waals surface area contributed by atoms with Crippen LogP contribution in [0, 0.1) is 20.8 Å². The molecule has 0 aliphatic rings. The molecule has 1 N–H and O–H groups in total. The van der Waals surface area contributed by atoms with Gasteiger partial charge in [0.15, 0.2) is 0 Å². The number of benzene rings is 1. The Bertz CT molecular complexity index is 324. The third-order valence-corrected chi connectivity index (χ3v) is 3.54. The van der Waals surface area contributed by atoms with Gasteiger partial charge in [0.05, 0.1) is 0 Å². The lowest BCUT2D eigenvalue weighted by molar-refractivity contribution is 0.595. The highest BCUT2D eigenvalue weighted by Crippen LogP contribution is 2.23. The summed E-state index contributed by atoms with van der Waals surface area (Å²) in [6.07, 6.45) is 2.15. The van der Waals surface area contributed by atoms with E-state index in [9.17, 15) is 0 Å². The summed E-state index contributed by atoms with van der Waals surface area (Å²) < 4.78 is 0. The lowest BCUT2D eigenvalue weighted by atomic mass is 9.95. The van der Waals surface area contributed by atoms with Crippen molar-refractivity contribution in [2.45, 2.75) is 33.7 Å². The summed E-state index contributed by atoms with van der Waals surface area (Å²) in [4.78, 5) is 0. The lowest BCUT2D eigenvalue weighted by Crippen LogP contribution is -2.22. The van der Waals surface area contributed by atoms with E-state index < -0.39 is 0 Å². The van der Waals surface area contributed by atoms with Gasteiger partial charge in [-0.25, -0.2) is 0 Å². The van der Waals surface area contributed by atoms with Crippen molar-refractivity contribution < 1.29 is 0 Å². The SMILES string of the molecule is CSCCNC(C)c1c(C)cc(C)cc1C. The van der Waals surface area contributed by atoms with Crippen LogP contribution in [-0.4, -0.2) is 18.6 Å². The number of rotatable bonds is 5. The Hall–Kier alpha value is -0.470. The van der Waals surface area contributed by atoms with Crippen molar-refractivity contribution in [3.8, 4) is 0 Å². The minimum Gasteiger partial charge on any atom is -0.309 e. The van der Waals surface area contributed by atoms with E-state index in [4.69, 9.17) is 0 Å². The molecular weight excluding hydrogens is 214 g/mol. The Kier molecular flexibility index (Phi) is 5.36. The van der Waals surface area contributed by atoms with Crippen molar-refractivity contribution in [2.75, 3.05) is 18.6 Å². The molecule has 0 bridgehead atoms. The molecule has 0 heterocycles. The van der Waals surface area contributed by atoms with E-state index in [1.54, 1.807) is 0 Å². The minimum atomic E-state index is 0.452. The average Bonchev–Trinajstić information content (AvgIpc) is 2.16. The maximum atomic E-state index is 3.58. The Morgan fingerprint density at radius 3 is 2.25 bits per heavy atom. The van der Waals surface area contributed by atoms with Gasteiger partial charge in [-0.2, -0.15) is 11.8 Å². The average molecular weight is 237 g/mol. The van der Waals surface area contributed by atoms with Crippen molar-refractivity contribution in [3.05, 3.63) is 34.4 Å². The van der Waals surface area contributed by atoms with Crippen LogP contribution in [0.3, 0.4) is 0 Å². The van der Waals surface area contributed by atoms with Crippen LogP contribution in [0.5, 0.6) is 0 Å². The second-order valence-electron chi connectivity index (χ2n) is 4.48. The molecule has 1 aromatic carbocycles. The van der Waals surface area contributed by atoms with E-state index in [-0.39, 0.29) is 0 Å². The molecule has 0 fully saturated rings. The second-order valence-corrected chi connectivity index (χ2v) is 5.47. The molecule has 0 aromatic heterocycles. The molecule has 16 heavy (non-hydrogen) atoms. The van der Waals surface area contributed by atoms with Gasteiger partial charge < -0.3 is 5.32 Å². The number of thioether (sulfide) groups is 1. The molecule has 0 amide bonds. The third-order valence-electron chi connectivity index (χ3n) is 2.93. The number of nitrogens with one attached hydrogen (secondary N) is 1. The van der Waals surface area contributed by atoms with Gasteiger partial charge in [-0.05, 0) is 50.6 Å². The van der Waals surface area contributed by atoms with Crippen molar-refractivity contribution in [1.82, 2.24) is 5.32 Å². The van der Waals surface area contributed by atoms with E-state index in [1.807, 2.05) is 11.8 Å². The van der Waals surface area contributed by atoms with Crippen LogP contribution in [0.4, 0.5) is 0 Å². The fourth-order valence-corrected chi connectivity index (χ4v) is 2.68. The quantitative estimate of drug-likeness (QED) is 0.785. The highest BCUT2D eigenvalue weighted by atomic mass is 32.2. The fraction of sp³-hybridized carbons (Fsp3) is 0.571. The van der Waals surface area contributed by atoms with Crippen molar-refractivity contribution in [2.24, 2.45) is 0 Å². The molecule has 0 aliphatic heterocycles. The molecule has 1 unspecified atom stereocenters. The number of hydrogen-bond donors (Lipinski definition) is 1. The fourth-order valence-electron chi connectivity index (χ4n) is 2.35. The molecule has 1 nitrogen and oxygen atoms in total. The smallest absolute Gasteiger partial charge is 0.0297 e. The largest absolute Gasteiger partial charge is 0.309 e. The van der Waals surface area contributed by atoms with Crippen LogP contribution >= 0.6 is 11.8 Å². The molecule has 0 radical (unpaired) electrons. The topological polar surface area (TPSA) is 12.0 Å². The molecule has 1 rings (SSSR count). The van der Waals surface area contributed by atoms with Crippen LogP contribution in [0.1, 0.15) is 35.2 Å². The van der Waals surface area contributed by atoms with Crippen LogP contribution in [-0.2, 0) is 0 Å². The van der Waals surface area contributed by atoms with Crippen LogP contribution in [0.15, 0.2) is 12.1 Å². The van der Waals surface area contributed by atoms with Gasteiger partial charge in [-0.3, -0.25) is 0 Å². The molecule has 90 valence electrons. The van der Waals surface area contributed by atoms with Gasteiger partial charge in [0.25, 0.3) is 0 Å². The van der Waals surface area contributed by atoms with Crippen molar-refractivity contribution in [3.63, 3.8) is 0 Å². The van der Waals surface area contributed by atoms with E-state index >= 15 is 0 Å². The van der Waals surface area contributed by atoms with Gasteiger partial charge >= 0.3 is 0 Å². The molecule has 0 aliphatic carbocycles. The monoisotopic (exact) mass is 237 g/mol. The normalized spacial score (nSPS) is 12.8. The first-order valence-corrected chi connectivity index (χ1v) is 7.25. The zero-order valence-electron chi connectivity index (χ0n) is 11.1. The lowest BCUT2D eigenvalue weighted by Gasteiger charge is -2.19. The first kappa shape index (κ1) is 13.6. The van der Waals surface area contributed by atoms with Gasteiger partial charge in [-0.1, -0.05) is 17.7 Å². The molecule has 2 heteroatoms. The van der Waals surface area contributed by atoms with Crippen LogP contribution in [0.2, 0.25) is 0 Å². The maximum absolute atomic E-state index is 3.58. The first-order chi connectivity index (χ1) is 7.56. The predicted molar refractivity (Wildman–Crippen MR) is 75.5 cm³/mol. The van der Waals surface area contributed by atoms with Gasteiger partial charge in [0, 0.05) is 18.3 Å². The van der Waals surface area contributed by atoms with Gasteiger partial charge in [0.1, 0.15) is 0 Å².